The Morgan fingerprint density at radius 3 is 2.48 bits per heavy atom. The molecule has 2 atom stereocenters. The largest absolute Gasteiger partial charge is 0.300 e. The Hall–Kier alpha value is -1.22. The zero-order chi connectivity index (χ0) is 15.8. The van der Waals surface area contributed by atoms with Gasteiger partial charge in [-0.25, -0.2) is 4.39 Å². The van der Waals surface area contributed by atoms with E-state index in [0.29, 0.717) is 12.6 Å². The first-order valence-corrected chi connectivity index (χ1v) is 8.04. The highest BCUT2D eigenvalue weighted by Gasteiger charge is 2.22. The van der Waals surface area contributed by atoms with E-state index < -0.39 is 5.82 Å². The average molecular weight is 293 g/mol. The number of hydrogen-bond acceptors (Lipinski definition) is 2. The topological polar surface area (TPSA) is 20.3 Å². The first kappa shape index (κ1) is 17.8. The smallest absolute Gasteiger partial charge is 0.169 e. The summed E-state index contributed by atoms with van der Waals surface area (Å²) in [6.45, 7) is 10.1. The van der Waals surface area contributed by atoms with Crippen LogP contribution in [0.4, 0.5) is 4.39 Å². The van der Waals surface area contributed by atoms with E-state index in [9.17, 15) is 9.18 Å². The summed E-state index contributed by atoms with van der Waals surface area (Å²) >= 11 is 0. The number of carbonyl (C=O) groups is 1. The third kappa shape index (κ3) is 5.24. The van der Waals surface area contributed by atoms with E-state index in [4.69, 9.17) is 0 Å². The van der Waals surface area contributed by atoms with Crippen LogP contribution in [0.3, 0.4) is 0 Å². The van der Waals surface area contributed by atoms with Crippen LogP contribution in [0.2, 0.25) is 0 Å². The van der Waals surface area contributed by atoms with Gasteiger partial charge in [-0.05, 0) is 38.4 Å². The van der Waals surface area contributed by atoms with Crippen LogP contribution < -0.4 is 0 Å². The summed E-state index contributed by atoms with van der Waals surface area (Å²) in [4.78, 5) is 14.8. The molecular formula is C18H28FNO. The molecule has 0 spiro atoms. The van der Waals surface area contributed by atoms with E-state index in [1.165, 1.54) is 6.07 Å². The third-order valence-electron chi connectivity index (χ3n) is 4.11. The number of carbonyl (C=O) groups excluding carboxylic acids is 1. The van der Waals surface area contributed by atoms with E-state index in [1.807, 2.05) is 6.92 Å². The van der Waals surface area contributed by atoms with Crippen molar-refractivity contribution in [1.29, 1.82) is 0 Å². The number of rotatable bonds is 9. The first-order chi connectivity index (χ1) is 10.0. The van der Waals surface area contributed by atoms with Crippen LogP contribution in [0.25, 0.3) is 0 Å². The highest BCUT2D eigenvalue weighted by atomic mass is 19.1. The molecule has 0 aliphatic heterocycles. The monoisotopic (exact) mass is 293 g/mol. The summed E-state index contributed by atoms with van der Waals surface area (Å²) in [6, 6.07) is 6.71. The molecule has 2 nitrogen and oxygen atoms in total. The van der Waals surface area contributed by atoms with Gasteiger partial charge in [-0.3, -0.25) is 9.69 Å². The lowest BCUT2D eigenvalue weighted by atomic mass is 9.97. The van der Waals surface area contributed by atoms with Gasteiger partial charge in [0.25, 0.3) is 0 Å². The molecule has 0 amide bonds. The molecule has 0 aliphatic rings. The van der Waals surface area contributed by atoms with Crippen molar-refractivity contribution in [1.82, 2.24) is 4.90 Å². The minimum absolute atomic E-state index is 0.0992. The Morgan fingerprint density at radius 1 is 1.24 bits per heavy atom. The van der Waals surface area contributed by atoms with Gasteiger partial charge in [-0.2, -0.15) is 0 Å². The minimum Gasteiger partial charge on any atom is -0.300 e. The lowest BCUT2D eigenvalue weighted by Gasteiger charge is -2.30. The molecule has 0 aromatic heterocycles. The second-order valence-corrected chi connectivity index (χ2v) is 5.85. The van der Waals surface area contributed by atoms with Crippen LogP contribution in [-0.4, -0.2) is 29.8 Å². The second-order valence-electron chi connectivity index (χ2n) is 5.85. The van der Waals surface area contributed by atoms with Crippen LogP contribution in [0.1, 0.15) is 57.3 Å². The Labute approximate surface area is 128 Å². The molecular weight excluding hydrogens is 265 g/mol. The van der Waals surface area contributed by atoms with Gasteiger partial charge >= 0.3 is 0 Å². The lowest BCUT2D eigenvalue weighted by Crippen LogP contribution is -2.39. The third-order valence-corrected chi connectivity index (χ3v) is 4.11. The van der Waals surface area contributed by atoms with Crippen LogP contribution in [0.15, 0.2) is 24.3 Å². The molecule has 0 N–H and O–H groups in total. The summed E-state index contributed by atoms with van der Waals surface area (Å²) < 4.78 is 13.7. The number of hydrogen-bond donors (Lipinski definition) is 0. The van der Waals surface area contributed by atoms with Crippen molar-refractivity contribution in [3.63, 3.8) is 0 Å². The standard InChI is InChI=1S/C18H28FNO/c1-5-7-12-20(15(4)6-2)13-14(3)18(21)16-10-8-9-11-17(16)19/h8-11,14-15H,5-7,12-13H2,1-4H3. The maximum Gasteiger partial charge on any atom is 0.169 e. The minimum atomic E-state index is -0.419. The second kappa shape index (κ2) is 8.93. The Morgan fingerprint density at radius 2 is 1.90 bits per heavy atom. The molecule has 1 aromatic rings. The van der Waals surface area contributed by atoms with Crippen molar-refractivity contribution < 1.29 is 9.18 Å². The fraction of sp³-hybridized carbons (Fsp3) is 0.611. The van der Waals surface area contributed by atoms with Crippen molar-refractivity contribution in [2.24, 2.45) is 5.92 Å². The van der Waals surface area contributed by atoms with Crippen molar-refractivity contribution in [2.75, 3.05) is 13.1 Å². The molecule has 118 valence electrons. The SMILES string of the molecule is CCCCN(CC(C)C(=O)c1ccccc1F)C(C)CC. The van der Waals surface area contributed by atoms with E-state index in [1.54, 1.807) is 18.2 Å². The molecule has 2 unspecified atom stereocenters. The predicted molar refractivity (Wildman–Crippen MR) is 86.1 cm³/mol. The van der Waals surface area contributed by atoms with Crippen LogP contribution in [0, 0.1) is 11.7 Å². The number of benzene rings is 1. The molecule has 1 aromatic carbocycles. The van der Waals surface area contributed by atoms with Crippen molar-refractivity contribution in [2.45, 2.75) is 53.0 Å². The van der Waals surface area contributed by atoms with Gasteiger partial charge in [0.05, 0.1) is 5.56 Å². The van der Waals surface area contributed by atoms with E-state index in [0.717, 1.165) is 25.8 Å². The molecule has 0 fully saturated rings. The fourth-order valence-electron chi connectivity index (χ4n) is 2.47. The molecule has 0 aliphatic carbocycles. The zero-order valence-electron chi connectivity index (χ0n) is 13.7. The van der Waals surface area contributed by atoms with Gasteiger partial charge in [0.2, 0.25) is 0 Å². The average Bonchev–Trinajstić information content (AvgIpc) is 2.50. The quantitative estimate of drug-likeness (QED) is 0.623. The highest BCUT2D eigenvalue weighted by Crippen LogP contribution is 2.16. The lowest BCUT2D eigenvalue weighted by molar-refractivity contribution is 0.0865. The summed E-state index contributed by atoms with van der Waals surface area (Å²) in [7, 11) is 0. The Balaban J connectivity index is 2.74. The first-order valence-electron chi connectivity index (χ1n) is 8.04. The number of ketones is 1. The van der Waals surface area contributed by atoms with Crippen molar-refractivity contribution in [3.8, 4) is 0 Å². The molecule has 0 bridgehead atoms. The van der Waals surface area contributed by atoms with Gasteiger partial charge in [0.1, 0.15) is 5.82 Å². The summed E-state index contributed by atoms with van der Waals surface area (Å²) in [6.07, 6.45) is 3.33. The Bertz CT molecular complexity index is 447. The fourth-order valence-corrected chi connectivity index (χ4v) is 2.47. The van der Waals surface area contributed by atoms with Gasteiger partial charge in [0.15, 0.2) is 5.78 Å². The molecule has 21 heavy (non-hydrogen) atoms. The van der Waals surface area contributed by atoms with E-state index >= 15 is 0 Å². The van der Waals surface area contributed by atoms with Crippen molar-refractivity contribution >= 4 is 5.78 Å². The van der Waals surface area contributed by atoms with E-state index in [2.05, 4.69) is 25.7 Å². The summed E-state index contributed by atoms with van der Waals surface area (Å²) in [5.41, 5.74) is 0.213. The number of nitrogens with zero attached hydrogens (tertiary/aromatic N) is 1. The molecule has 0 radical (unpaired) electrons. The van der Waals surface area contributed by atoms with Crippen LogP contribution in [-0.2, 0) is 0 Å². The van der Waals surface area contributed by atoms with Crippen molar-refractivity contribution in [3.05, 3.63) is 35.6 Å². The molecule has 0 heterocycles. The number of Topliss-reactive ketones (excluding diaryl/α,β-unsaturated/α-hetero) is 1. The van der Waals surface area contributed by atoms with Crippen LogP contribution >= 0.6 is 0 Å². The summed E-state index contributed by atoms with van der Waals surface area (Å²) in [5.74, 6) is -0.705. The van der Waals surface area contributed by atoms with Crippen LogP contribution in [0.5, 0.6) is 0 Å². The van der Waals surface area contributed by atoms with E-state index in [-0.39, 0.29) is 17.3 Å². The number of unbranched alkanes of at least 4 members (excludes halogenated alkanes) is 1. The molecule has 0 saturated heterocycles. The molecule has 3 heteroatoms. The summed E-state index contributed by atoms with van der Waals surface area (Å²) in [5, 5.41) is 0. The normalized spacial score (nSPS) is 14.2. The molecule has 0 saturated carbocycles. The molecule has 1 rings (SSSR count). The van der Waals surface area contributed by atoms with Gasteiger partial charge in [-0.15, -0.1) is 0 Å². The van der Waals surface area contributed by atoms with Gasteiger partial charge in [0, 0.05) is 18.5 Å². The predicted octanol–water partition coefficient (Wildman–Crippen LogP) is 4.55. The highest BCUT2D eigenvalue weighted by molar-refractivity contribution is 5.98. The van der Waals surface area contributed by atoms with Gasteiger partial charge in [-0.1, -0.05) is 39.3 Å². The zero-order valence-corrected chi connectivity index (χ0v) is 13.7. The Kier molecular flexibility index (Phi) is 7.58. The maximum absolute atomic E-state index is 13.7. The number of halogens is 1. The maximum atomic E-state index is 13.7. The van der Waals surface area contributed by atoms with Gasteiger partial charge < -0.3 is 0 Å².